The Morgan fingerprint density at radius 3 is 2.59 bits per heavy atom. The summed E-state index contributed by atoms with van der Waals surface area (Å²) in [5, 5.41) is 43.6. The van der Waals surface area contributed by atoms with E-state index in [1.54, 1.807) is 30.3 Å². The van der Waals surface area contributed by atoms with E-state index < -0.39 is 53.2 Å². The van der Waals surface area contributed by atoms with Gasteiger partial charge in [0.2, 0.25) is 0 Å². The molecule has 0 spiro atoms. The Kier molecular flexibility index (Phi) is 8.06. The first-order valence-electron chi connectivity index (χ1n) is 11.4. The molecule has 0 radical (unpaired) electrons. The molecule has 3 heterocycles. The third-order valence-electron chi connectivity index (χ3n) is 6.20. The molecular weight excluding hydrogens is 573 g/mol. The van der Waals surface area contributed by atoms with Gasteiger partial charge < -0.3 is 34.6 Å². The Balaban J connectivity index is 1.69. The summed E-state index contributed by atoms with van der Waals surface area (Å²) in [7, 11) is -9.25. The number of anilines is 1. The molecule has 3 aromatic rings. The summed E-state index contributed by atoms with van der Waals surface area (Å²) < 4.78 is 42.6. The highest BCUT2D eigenvalue weighted by molar-refractivity contribution is 7.97. The summed E-state index contributed by atoms with van der Waals surface area (Å²) in [5.41, 5.74) is 0.284. The number of halogens is 1. The van der Waals surface area contributed by atoms with Gasteiger partial charge in [-0.3, -0.25) is 4.57 Å². The lowest BCUT2D eigenvalue weighted by atomic mass is 10.0. The SMILES string of the molecule is C[C@H](Nc1c(C#N)c(Cl)nc2c1ccn2[C@@H]1O[C@H](CS(=O)(=O)CP(=O)(O)O)[C@@H](O)[C@H]1O)c1cccc(C#N)c1. The summed E-state index contributed by atoms with van der Waals surface area (Å²) in [5.74, 6) is -0.940. The first-order valence-corrected chi connectivity index (χ1v) is 15.4. The van der Waals surface area contributed by atoms with Crippen molar-refractivity contribution in [1.82, 2.24) is 9.55 Å². The molecular formula is C23H23ClN5O8PS. The van der Waals surface area contributed by atoms with E-state index in [-0.39, 0.29) is 22.4 Å². The summed E-state index contributed by atoms with van der Waals surface area (Å²) in [6, 6.07) is 12.2. The van der Waals surface area contributed by atoms with Gasteiger partial charge in [-0.2, -0.15) is 10.5 Å². The normalized spacial score (nSPS) is 22.4. The molecule has 4 rings (SSSR count). The minimum Gasteiger partial charge on any atom is -0.387 e. The number of fused-ring (bicyclic) bond motifs is 1. The second-order valence-corrected chi connectivity index (χ2v) is 13.6. The highest BCUT2D eigenvalue weighted by Crippen LogP contribution is 2.40. The summed E-state index contributed by atoms with van der Waals surface area (Å²) in [4.78, 5) is 22.3. The summed E-state index contributed by atoms with van der Waals surface area (Å²) >= 11 is 6.33. The fourth-order valence-corrected chi connectivity index (χ4v) is 7.89. The van der Waals surface area contributed by atoms with E-state index in [4.69, 9.17) is 26.1 Å². The van der Waals surface area contributed by atoms with Crippen LogP contribution in [-0.4, -0.2) is 67.5 Å². The fraction of sp³-hybridized carbons (Fsp3) is 0.348. The van der Waals surface area contributed by atoms with E-state index in [1.165, 1.54) is 10.8 Å². The van der Waals surface area contributed by atoms with Crippen molar-refractivity contribution in [3.05, 3.63) is 58.4 Å². The minimum atomic E-state index is -4.90. The third-order valence-corrected chi connectivity index (χ3v) is 10.2. The molecule has 1 aromatic carbocycles. The second kappa shape index (κ2) is 10.8. The number of hydrogen-bond donors (Lipinski definition) is 5. The molecule has 39 heavy (non-hydrogen) atoms. The zero-order valence-electron chi connectivity index (χ0n) is 20.2. The molecule has 0 aliphatic carbocycles. The number of hydrogen-bond acceptors (Lipinski definition) is 10. The average Bonchev–Trinajstić information content (AvgIpc) is 3.38. The van der Waals surface area contributed by atoms with Crippen molar-refractivity contribution in [3.63, 3.8) is 0 Å². The Morgan fingerprint density at radius 1 is 1.23 bits per heavy atom. The van der Waals surface area contributed by atoms with Crippen LogP contribution < -0.4 is 5.32 Å². The lowest BCUT2D eigenvalue weighted by Gasteiger charge is -2.20. The predicted molar refractivity (Wildman–Crippen MR) is 139 cm³/mol. The van der Waals surface area contributed by atoms with E-state index in [9.17, 15) is 33.7 Å². The fourth-order valence-electron chi connectivity index (χ4n) is 4.43. The highest BCUT2D eigenvalue weighted by Gasteiger charge is 2.46. The van der Waals surface area contributed by atoms with Gasteiger partial charge >= 0.3 is 7.60 Å². The van der Waals surface area contributed by atoms with E-state index >= 15 is 0 Å². The lowest BCUT2D eigenvalue weighted by molar-refractivity contribution is -0.0288. The second-order valence-electron chi connectivity index (χ2n) is 9.08. The number of nitriles is 2. The molecule has 0 unspecified atom stereocenters. The van der Waals surface area contributed by atoms with Crippen LogP contribution in [0.4, 0.5) is 5.69 Å². The zero-order valence-corrected chi connectivity index (χ0v) is 22.7. The molecule has 5 atom stereocenters. The maximum atomic E-state index is 12.2. The number of aliphatic hydroxyl groups excluding tert-OH is 2. The van der Waals surface area contributed by atoms with Crippen LogP contribution in [0.2, 0.25) is 5.15 Å². The number of pyridine rings is 1. The van der Waals surface area contributed by atoms with Gasteiger partial charge in [-0.05, 0) is 30.7 Å². The molecule has 1 aliphatic heterocycles. The number of nitrogens with one attached hydrogen (secondary N) is 1. The molecule has 2 aromatic heterocycles. The highest BCUT2D eigenvalue weighted by atomic mass is 35.5. The number of aliphatic hydroxyl groups is 2. The van der Waals surface area contributed by atoms with Gasteiger partial charge in [0, 0.05) is 17.6 Å². The Hall–Kier alpha value is -3.04. The molecule has 1 fully saturated rings. The maximum Gasteiger partial charge on any atom is 0.340 e. The minimum absolute atomic E-state index is 0.0412. The van der Waals surface area contributed by atoms with Crippen molar-refractivity contribution in [1.29, 1.82) is 10.5 Å². The first kappa shape index (κ1) is 29.0. The van der Waals surface area contributed by atoms with Gasteiger partial charge in [-0.25, -0.2) is 13.4 Å². The lowest BCUT2D eigenvalue weighted by Crippen LogP contribution is -2.35. The van der Waals surface area contributed by atoms with Crippen molar-refractivity contribution in [2.45, 2.75) is 37.5 Å². The smallest absolute Gasteiger partial charge is 0.340 e. The van der Waals surface area contributed by atoms with Crippen LogP contribution >= 0.6 is 19.2 Å². The van der Waals surface area contributed by atoms with E-state index in [2.05, 4.69) is 16.4 Å². The third kappa shape index (κ3) is 6.09. The molecule has 1 saturated heterocycles. The summed E-state index contributed by atoms with van der Waals surface area (Å²) in [6.45, 7) is 1.82. The largest absolute Gasteiger partial charge is 0.387 e. The van der Waals surface area contributed by atoms with Gasteiger partial charge in [0.1, 0.15) is 35.6 Å². The van der Waals surface area contributed by atoms with Crippen LogP contribution in [0.1, 0.15) is 35.9 Å². The number of benzene rings is 1. The Labute approximate surface area is 227 Å². The van der Waals surface area contributed by atoms with Crippen molar-refractivity contribution in [3.8, 4) is 12.1 Å². The molecule has 0 amide bonds. The quantitative estimate of drug-likeness (QED) is 0.186. The van der Waals surface area contributed by atoms with E-state index in [1.807, 2.05) is 13.0 Å². The molecule has 0 saturated carbocycles. The Bertz CT molecular complexity index is 1660. The average molecular weight is 596 g/mol. The molecule has 13 nitrogen and oxygen atoms in total. The molecule has 0 bridgehead atoms. The van der Waals surface area contributed by atoms with Crippen LogP contribution in [0.15, 0.2) is 36.5 Å². The van der Waals surface area contributed by atoms with Crippen molar-refractivity contribution >= 4 is 45.8 Å². The van der Waals surface area contributed by atoms with Crippen LogP contribution in [-0.2, 0) is 19.1 Å². The van der Waals surface area contributed by atoms with Crippen molar-refractivity contribution in [2.75, 3.05) is 16.6 Å². The van der Waals surface area contributed by atoms with Gasteiger partial charge in [0.15, 0.2) is 26.7 Å². The van der Waals surface area contributed by atoms with E-state index in [0.29, 0.717) is 16.6 Å². The standard InChI is InChI=1S/C23H23ClN5O8PS/c1-12(14-4-2-3-13(7-14)8-25)27-18-15-5-6-29(22(15)28-21(24)16(18)9-26)23-20(31)19(30)17(37-23)10-39(35,36)11-38(32,33)34/h2-7,12,17,19-20,23,30-31H,10-11H2,1H3,(H,27,28)(H2,32,33,34)/t12-,17+,19+,20+,23+/m0/s1. The van der Waals surface area contributed by atoms with Gasteiger partial charge in [-0.1, -0.05) is 23.7 Å². The monoisotopic (exact) mass is 595 g/mol. The number of nitrogens with zero attached hydrogens (tertiary/aromatic N) is 4. The van der Waals surface area contributed by atoms with Crippen LogP contribution in [0.5, 0.6) is 0 Å². The number of rotatable bonds is 8. The van der Waals surface area contributed by atoms with Gasteiger partial charge in [-0.15, -0.1) is 0 Å². The van der Waals surface area contributed by atoms with Crippen LogP contribution in [0.3, 0.4) is 0 Å². The van der Waals surface area contributed by atoms with Crippen molar-refractivity contribution in [2.24, 2.45) is 0 Å². The summed E-state index contributed by atoms with van der Waals surface area (Å²) in [6.07, 6.45) is -4.69. The van der Waals surface area contributed by atoms with Crippen molar-refractivity contribution < 1.29 is 37.7 Å². The predicted octanol–water partition coefficient (Wildman–Crippen LogP) is 1.78. The Morgan fingerprint density at radius 2 is 1.95 bits per heavy atom. The maximum absolute atomic E-state index is 12.2. The molecule has 16 heteroatoms. The van der Waals surface area contributed by atoms with Crippen LogP contribution in [0, 0.1) is 22.7 Å². The van der Waals surface area contributed by atoms with E-state index in [0.717, 1.165) is 5.56 Å². The number of sulfone groups is 1. The zero-order chi connectivity index (χ0) is 28.7. The number of aromatic nitrogens is 2. The molecule has 5 N–H and O–H groups in total. The number of ether oxygens (including phenoxy) is 1. The molecule has 1 aliphatic rings. The van der Waals surface area contributed by atoms with Gasteiger partial charge in [0.25, 0.3) is 0 Å². The first-order chi connectivity index (χ1) is 18.2. The van der Waals surface area contributed by atoms with Crippen LogP contribution in [0.25, 0.3) is 11.0 Å². The molecule has 206 valence electrons. The topological polar surface area (TPSA) is 219 Å². The van der Waals surface area contributed by atoms with Gasteiger partial charge in [0.05, 0.1) is 23.1 Å².